The molecule has 0 unspecified atom stereocenters. The Balaban J connectivity index is 2.91. The van der Waals surface area contributed by atoms with Gasteiger partial charge in [0.05, 0.1) is 11.2 Å². The second-order valence-corrected chi connectivity index (χ2v) is 3.64. The van der Waals surface area contributed by atoms with Gasteiger partial charge in [-0.15, -0.1) is 0 Å². The fourth-order valence-electron chi connectivity index (χ4n) is 1.65. The zero-order chi connectivity index (χ0) is 9.59. The van der Waals surface area contributed by atoms with Gasteiger partial charge in [0.15, 0.2) is 0 Å². The van der Waals surface area contributed by atoms with Crippen molar-refractivity contribution in [3.8, 4) is 0 Å². The smallest absolute Gasteiger partial charge is 0.110 e. The van der Waals surface area contributed by atoms with Gasteiger partial charge in [-0.1, -0.05) is 0 Å². The Morgan fingerprint density at radius 3 is 2.46 bits per heavy atom. The molecule has 0 fully saturated rings. The van der Waals surface area contributed by atoms with E-state index in [4.69, 9.17) is 0 Å². The van der Waals surface area contributed by atoms with Gasteiger partial charge in [-0.2, -0.15) is 0 Å². The number of pyridine rings is 1. The third-order valence-corrected chi connectivity index (χ3v) is 2.61. The van der Waals surface area contributed by atoms with Gasteiger partial charge in [0, 0.05) is 6.20 Å². The molecule has 2 aromatic heterocycles. The Bertz CT molecular complexity index is 424. The van der Waals surface area contributed by atoms with Crippen molar-refractivity contribution in [1.82, 2.24) is 9.38 Å². The molecule has 68 valence electrons. The number of aryl methyl sites for hydroxylation is 4. The fourth-order valence-corrected chi connectivity index (χ4v) is 1.65. The summed E-state index contributed by atoms with van der Waals surface area (Å²) in [6.07, 6.45) is 2.15. The third kappa shape index (κ3) is 1.13. The molecular formula is C11H14N2. The van der Waals surface area contributed by atoms with E-state index in [0.717, 1.165) is 11.5 Å². The average Bonchev–Trinajstić information content (AvgIpc) is 2.31. The van der Waals surface area contributed by atoms with Crippen molar-refractivity contribution >= 4 is 5.52 Å². The second kappa shape index (κ2) is 2.59. The minimum atomic E-state index is 1.07. The maximum absolute atomic E-state index is 4.44. The molecule has 0 saturated heterocycles. The first kappa shape index (κ1) is 8.30. The van der Waals surface area contributed by atoms with Crippen molar-refractivity contribution in [2.45, 2.75) is 27.7 Å². The number of fused-ring (bicyclic) bond motifs is 1. The molecule has 0 bridgehead atoms. The molecule has 2 nitrogen and oxygen atoms in total. The van der Waals surface area contributed by atoms with Crippen molar-refractivity contribution in [3.63, 3.8) is 0 Å². The fraction of sp³-hybridized carbons (Fsp3) is 0.364. The first-order valence-electron chi connectivity index (χ1n) is 4.52. The monoisotopic (exact) mass is 174 g/mol. The number of imidazole rings is 1. The lowest BCUT2D eigenvalue weighted by Gasteiger charge is -2.02. The van der Waals surface area contributed by atoms with Crippen molar-refractivity contribution in [2.24, 2.45) is 0 Å². The molecule has 0 aromatic carbocycles. The number of hydrogen-bond acceptors (Lipinski definition) is 1. The highest BCUT2D eigenvalue weighted by Crippen LogP contribution is 2.16. The number of aromatic nitrogens is 2. The van der Waals surface area contributed by atoms with Gasteiger partial charge in [-0.05, 0) is 44.9 Å². The van der Waals surface area contributed by atoms with Gasteiger partial charge in [0.1, 0.15) is 5.82 Å². The van der Waals surface area contributed by atoms with E-state index < -0.39 is 0 Å². The van der Waals surface area contributed by atoms with Crippen molar-refractivity contribution in [1.29, 1.82) is 0 Å². The average molecular weight is 174 g/mol. The molecule has 0 aliphatic carbocycles. The predicted octanol–water partition coefficient (Wildman–Crippen LogP) is 2.57. The summed E-state index contributed by atoms with van der Waals surface area (Å²) in [5, 5.41) is 0. The Labute approximate surface area is 78.2 Å². The van der Waals surface area contributed by atoms with Crippen LogP contribution in [0.3, 0.4) is 0 Å². The molecule has 0 radical (unpaired) electrons. The highest BCUT2D eigenvalue weighted by atomic mass is 15.0. The predicted molar refractivity (Wildman–Crippen MR) is 54.1 cm³/mol. The molecular weight excluding hydrogens is 160 g/mol. The molecule has 2 aromatic rings. The molecule has 0 aliphatic heterocycles. The third-order valence-electron chi connectivity index (χ3n) is 2.61. The van der Waals surface area contributed by atoms with Crippen LogP contribution in [0.4, 0.5) is 0 Å². The zero-order valence-corrected chi connectivity index (χ0v) is 8.55. The van der Waals surface area contributed by atoms with E-state index in [9.17, 15) is 0 Å². The second-order valence-electron chi connectivity index (χ2n) is 3.64. The van der Waals surface area contributed by atoms with Crippen LogP contribution in [0.25, 0.3) is 5.52 Å². The van der Waals surface area contributed by atoms with E-state index in [2.05, 4.69) is 42.4 Å². The molecule has 2 heterocycles. The Hall–Kier alpha value is -1.31. The van der Waals surface area contributed by atoms with Crippen LogP contribution in [0.1, 0.15) is 22.6 Å². The van der Waals surface area contributed by atoms with E-state index in [1.54, 1.807) is 0 Å². The minimum Gasteiger partial charge on any atom is -0.303 e. The quantitative estimate of drug-likeness (QED) is 0.600. The molecule has 2 heteroatoms. The Morgan fingerprint density at radius 1 is 1.08 bits per heavy atom. The standard InChI is InChI=1S/C11H14N2/c1-7-5-11-9(3)12-10(4)13(11)6-8(7)2/h5-6H,1-4H3. The maximum atomic E-state index is 4.44. The SMILES string of the molecule is Cc1cc2c(C)nc(C)n2cc1C. The van der Waals surface area contributed by atoms with Gasteiger partial charge in [0.2, 0.25) is 0 Å². The van der Waals surface area contributed by atoms with Gasteiger partial charge < -0.3 is 4.40 Å². The summed E-state index contributed by atoms with van der Waals surface area (Å²) in [7, 11) is 0. The van der Waals surface area contributed by atoms with E-state index in [-0.39, 0.29) is 0 Å². The highest BCUT2D eigenvalue weighted by molar-refractivity contribution is 5.55. The first-order chi connectivity index (χ1) is 6.09. The molecule has 13 heavy (non-hydrogen) atoms. The van der Waals surface area contributed by atoms with E-state index >= 15 is 0 Å². The first-order valence-corrected chi connectivity index (χ1v) is 4.52. The summed E-state index contributed by atoms with van der Waals surface area (Å²) in [5.74, 6) is 1.07. The van der Waals surface area contributed by atoms with Gasteiger partial charge in [-0.3, -0.25) is 0 Å². The number of nitrogens with zero attached hydrogens (tertiary/aromatic N) is 2. The van der Waals surface area contributed by atoms with Crippen LogP contribution in [0.2, 0.25) is 0 Å². The highest BCUT2D eigenvalue weighted by Gasteiger charge is 2.04. The number of hydrogen-bond donors (Lipinski definition) is 0. The molecule has 0 spiro atoms. The lowest BCUT2D eigenvalue weighted by atomic mass is 10.1. The van der Waals surface area contributed by atoms with E-state index in [1.165, 1.54) is 16.6 Å². The lowest BCUT2D eigenvalue weighted by Crippen LogP contribution is -1.91. The largest absolute Gasteiger partial charge is 0.303 e. The van der Waals surface area contributed by atoms with Crippen LogP contribution >= 0.6 is 0 Å². The van der Waals surface area contributed by atoms with Crippen LogP contribution in [0, 0.1) is 27.7 Å². The summed E-state index contributed by atoms with van der Waals surface area (Å²) in [6, 6.07) is 2.20. The molecule has 0 amide bonds. The van der Waals surface area contributed by atoms with Crippen LogP contribution in [-0.4, -0.2) is 9.38 Å². The Kier molecular flexibility index (Phi) is 1.65. The Morgan fingerprint density at radius 2 is 1.77 bits per heavy atom. The van der Waals surface area contributed by atoms with Gasteiger partial charge in [-0.25, -0.2) is 4.98 Å². The summed E-state index contributed by atoms with van der Waals surface area (Å²) in [4.78, 5) is 4.44. The van der Waals surface area contributed by atoms with Crippen molar-refractivity contribution in [3.05, 3.63) is 34.9 Å². The van der Waals surface area contributed by atoms with E-state index in [0.29, 0.717) is 0 Å². The topological polar surface area (TPSA) is 17.3 Å². The summed E-state index contributed by atoms with van der Waals surface area (Å²) >= 11 is 0. The summed E-state index contributed by atoms with van der Waals surface area (Å²) in [6.45, 7) is 8.35. The van der Waals surface area contributed by atoms with Crippen molar-refractivity contribution in [2.75, 3.05) is 0 Å². The molecule has 0 aliphatic rings. The van der Waals surface area contributed by atoms with Crippen molar-refractivity contribution < 1.29 is 0 Å². The van der Waals surface area contributed by atoms with Gasteiger partial charge in [0.25, 0.3) is 0 Å². The van der Waals surface area contributed by atoms with Crippen LogP contribution in [0.5, 0.6) is 0 Å². The maximum Gasteiger partial charge on any atom is 0.110 e. The summed E-state index contributed by atoms with van der Waals surface area (Å²) in [5.41, 5.74) is 4.98. The lowest BCUT2D eigenvalue weighted by molar-refractivity contribution is 1.02. The minimum absolute atomic E-state index is 1.07. The van der Waals surface area contributed by atoms with Crippen LogP contribution < -0.4 is 0 Å². The van der Waals surface area contributed by atoms with E-state index in [1.807, 2.05) is 6.92 Å². The molecule has 0 N–H and O–H groups in total. The zero-order valence-electron chi connectivity index (χ0n) is 8.55. The molecule has 0 saturated carbocycles. The summed E-state index contributed by atoms with van der Waals surface area (Å²) < 4.78 is 2.15. The van der Waals surface area contributed by atoms with Gasteiger partial charge >= 0.3 is 0 Å². The van der Waals surface area contributed by atoms with Crippen LogP contribution in [0.15, 0.2) is 12.3 Å². The normalized spacial score (nSPS) is 11.1. The molecule has 0 atom stereocenters. The number of rotatable bonds is 0. The molecule has 2 rings (SSSR count). The van der Waals surface area contributed by atoms with Crippen LogP contribution in [-0.2, 0) is 0 Å².